The van der Waals surface area contributed by atoms with Crippen molar-refractivity contribution in [2.75, 3.05) is 24.3 Å². The molecular formula is C14H13N5O. The Kier molecular flexibility index (Phi) is 3.91. The summed E-state index contributed by atoms with van der Waals surface area (Å²) in [6.07, 6.45) is 2.95. The molecule has 100 valence electrons. The Morgan fingerprint density at radius 2 is 2.20 bits per heavy atom. The van der Waals surface area contributed by atoms with E-state index in [0.29, 0.717) is 17.1 Å². The molecule has 1 aromatic carbocycles. The molecule has 2 aromatic rings. The molecular weight excluding hydrogens is 254 g/mol. The predicted octanol–water partition coefficient (Wildman–Crippen LogP) is 1.67. The second-order valence-electron chi connectivity index (χ2n) is 4.07. The topological polar surface area (TPSA) is 81.9 Å². The summed E-state index contributed by atoms with van der Waals surface area (Å²) in [5, 5.41) is 11.7. The molecule has 6 nitrogen and oxygen atoms in total. The molecule has 0 aliphatic carbocycles. The van der Waals surface area contributed by atoms with Crippen molar-refractivity contribution in [3.63, 3.8) is 0 Å². The number of anilines is 2. The van der Waals surface area contributed by atoms with Gasteiger partial charge in [-0.15, -0.1) is 0 Å². The zero-order valence-electron chi connectivity index (χ0n) is 11.2. The van der Waals surface area contributed by atoms with Gasteiger partial charge >= 0.3 is 0 Å². The fourth-order valence-corrected chi connectivity index (χ4v) is 1.66. The third kappa shape index (κ3) is 2.72. The maximum atomic E-state index is 12.3. The quantitative estimate of drug-likeness (QED) is 0.914. The number of hydrogen-bond acceptors (Lipinski definition) is 5. The Morgan fingerprint density at radius 1 is 1.40 bits per heavy atom. The van der Waals surface area contributed by atoms with Gasteiger partial charge in [0.1, 0.15) is 11.5 Å². The van der Waals surface area contributed by atoms with Gasteiger partial charge in [-0.25, -0.2) is 4.98 Å². The van der Waals surface area contributed by atoms with Gasteiger partial charge in [-0.05, 0) is 18.2 Å². The minimum atomic E-state index is -0.287. The van der Waals surface area contributed by atoms with Crippen LogP contribution in [-0.2, 0) is 0 Å². The summed E-state index contributed by atoms with van der Waals surface area (Å²) >= 11 is 0. The Morgan fingerprint density at radius 3 is 2.90 bits per heavy atom. The van der Waals surface area contributed by atoms with Crippen molar-refractivity contribution in [2.24, 2.45) is 0 Å². The zero-order valence-corrected chi connectivity index (χ0v) is 11.2. The molecule has 20 heavy (non-hydrogen) atoms. The minimum absolute atomic E-state index is 0.238. The van der Waals surface area contributed by atoms with Crippen LogP contribution in [0.3, 0.4) is 0 Å². The van der Waals surface area contributed by atoms with Crippen molar-refractivity contribution in [2.45, 2.75) is 0 Å². The van der Waals surface area contributed by atoms with Crippen molar-refractivity contribution >= 4 is 17.4 Å². The Balaban J connectivity index is 2.30. The van der Waals surface area contributed by atoms with Crippen LogP contribution in [0.15, 0.2) is 36.7 Å². The minimum Gasteiger partial charge on any atom is -0.372 e. The Bertz CT molecular complexity index is 677. The first-order valence-electron chi connectivity index (χ1n) is 5.93. The molecule has 1 heterocycles. The zero-order chi connectivity index (χ0) is 14.5. The molecule has 0 radical (unpaired) electrons. The number of amides is 1. The number of aromatic nitrogens is 2. The van der Waals surface area contributed by atoms with E-state index in [1.54, 1.807) is 38.4 Å². The Hall–Kier alpha value is -2.94. The number of rotatable bonds is 3. The maximum Gasteiger partial charge on any atom is 0.278 e. The number of nitrogens with zero attached hydrogens (tertiary/aromatic N) is 4. The van der Waals surface area contributed by atoms with Crippen LogP contribution < -0.4 is 10.2 Å². The lowest BCUT2D eigenvalue weighted by Crippen LogP contribution is -2.27. The van der Waals surface area contributed by atoms with E-state index < -0.39 is 0 Å². The molecule has 1 amide bonds. The highest BCUT2D eigenvalue weighted by molar-refractivity contribution is 6.04. The summed E-state index contributed by atoms with van der Waals surface area (Å²) in [5.74, 6) is 0.236. The van der Waals surface area contributed by atoms with Crippen molar-refractivity contribution in [1.82, 2.24) is 9.97 Å². The average Bonchev–Trinajstić information content (AvgIpc) is 2.53. The van der Waals surface area contributed by atoms with Crippen LogP contribution in [0.1, 0.15) is 16.1 Å². The van der Waals surface area contributed by atoms with Crippen molar-refractivity contribution < 1.29 is 4.79 Å². The van der Waals surface area contributed by atoms with E-state index in [4.69, 9.17) is 5.26 Å². The summed E-state index contributed by atoms with van der Waals surface area (Å²) in [7, 11) is 3.34. The molecule has 6 heteroatoms. The first-order valence-corrected chi connectivity index (χ1v) is 5.93. The normalized spacial score (nSPS) is 9.65. The lowest BCUT2D eigenvalue weighted by molar-refractivity contribution is 0.0988. The van der Waals surface area contributed by atoms with Gasteiger partial charge in [0.25, 0.3) is 5.91 Å². The molecule has 0 aliphatic heterocycles. The fraction of sp³-hybridized carbons (Fsp3) is 0.143. The molecule has 0 aliphatic rings. The second kappa shape index (κ2) is 5.80. The number of carbonyl (C=O) groups is 1. The lowest BCUT2D eigenvalue weighted by atomic mass is 10.2. The van der Waals surface area contributed by atoms with Crippen molar-refractivity contribution in [3.8, 4) is 6.07 Å². The summed E-state index contributed by atoms with van der Waals surface area (Å²) in [4.78, 5) is 21.9. The first-order chi connectivity index (χ1) is 9.65. The fourth-order valence-electron chi connectivity index (χ4n) is 1.66. The van der Waals surface area contributed by atoms with E-state index >= 15 is 0 Å². The third-order valence-corrected chi connectivity index (χ3v) is 2.78. The smallest absolute Gasteiger partial charge is 0.278 e. The molecule has 2 rings (SSSR count). The third-order valence-electron chi connectivity index (χ3n) is 2.78. The summed E-state index contributed by atoms with van der Waals surface area (Å²) in [6.45, 7) is 0. The van der Waals surface area contributed by atoms with Crippen molar-refractivity contribution in [3.05, 3.63) is 47.9 Å². The van der Waals surface area contributed by atoms with Crippen LogP contribution in [0.2, 0.25) is 0 Å². The molecule has 0 bridgehead atoms. The number of carbonyl (C=O) groups excluding carboxylic acids is 1. The monoisotopic (exact) mass is 267 g/mol. The summed E-state index contributed by atoms with van der Waals surface area (Å²) in [5.41, 5.74) is 1.37. The van der Waals surface area contributed by atoms with Gasteiger partial charge in [0.05, 0.1) is 24.0 Å². The molecule has 1 N–H and O–H groups in total. The summed E-state index contributed by atoms with van der Waals surface area (Å²) in [6, 6.07) is 8.86. The Labute approximate surface area is 116 Å². The molecule has 0 atom stereocenters. The summed E-state index contributed by atoms with van der Waals surface area (Å²) < 4.78 is 0. The van der Waals surface area contributed by atoms with E-state index in [0.717, 1.165) is 0 Å². The van der Waals surface area contributed by atoms with Crippen LogP contribution in [-0.4, -0.2) is 30.0 Å². The van der Waals surface area contributed by atoms with Crippen LogP contribution in [0.4, 0.5) is 11.5 Å². The SMILES string of the molecule is CNc1cncc(C(=O)N(C)c2cccc(C#N)c2)n1. The van der Waals surface area contributed by atoms with Crippen LogP contribution in [0.25, 0.3) is 0 Å². The van der Waals surface area contributed by atoms with Crippen molar-refractivity contribution in [1.29, 1.82) is 5.26 Å². The van der Waals surface area contributed by atoms with Crippen LogP contribution in [0.5, 0.6) is 0 Å². The molecule has 0 spiro atoms. The van der Waals surface area contributed by atoms with Gasteiger partial charge in [-0.3, -0.25) is 9.78 Å². The number of nitriles is 1. The van der Waals surface area contributed by atoms with E-state index in [1.165, 1.54) is 17.3 Å². The van der Waals surface area contributed by atoms with E-state index in [2.05, 4.69) is 15.3 Å². The lowest BCUT2D eigenvalue weighted by Gasteiger charge is -2.17. The van der Waals surface area contributed by atoms with Gasteiger partial charge in [0.15, 0.2) is 0 Å². The predicted molar refractivity (Wildman–Crippen MR) is 75.5 cm³/mol. The van der Waals surface area contributed by atoms with Gasteiger partial charge < -0.3 is 10.2 Å². The number of hydrogen-bond donors (Lipinski definition) is 1. The largest absolute Gasteiger partial charge is 0.372 e. The molecule has 1 aromatic heterocycles. The maximum absolute atomic E-state index is 12.3. The van der Waals surface area contributed by atoms with Gasteiger partial charge in [-0.1, -0.05) is 6.07 Å². The highest BCUT2D eigenvalue weighted by Gasteiger charge is 2.16. The highest BCUT2D eigenvalue weighted by atomic mass is 16.2. The highest BCUT2D eigenvalue weighted by Crippen LogP contribution is 2.16. The molecule has 0 saturated heterocycles. The number of benzene rings is 1. The molecule has 0 fully saturated rings. The van der Waals surface area contributed by atoms with E-state index in [-0.39, 0.29) is 11.6 Å². The second-order valence-corrected chi connectivity index (χ2v) is 4.07. The molecule has 0 unspecified atom stereocenters. The molecule has 0 saturated carbocycles. The van der Waals surface area contributed by atoms with E-state index in [1.807, 2.05) is 6.07 Å². The van der Waals surface area contributed by atoms with Gasteiger partial charge in [0.2, 0.25) is 0 Å². The van der Waals surface area contributed by atoms with Crippen LogP contribution >= 0.6 is 0 Å². The first kappa shape index (κ1) is 13.5. The van der Waals surface area contributed by atoms with E-state index in [9.17, 15) is 4.79 Å². The van der Waals surface area contributed by atoms with Crippen LogP contribution in [0, 0.1) is 11.3 Å². The average molecular weight is 267 g/mol. The number of nitrogens with one attached hydrogen (secondary N) is 1. The van der Waals surface area contributed by atoms with Gasteiger partial charge in [0, 0.05) is 19.8 Å². The standard InChI is InChI=1S/C14H13N5O/c1-16-13-9-17-8-12(18-13)14(20)19(2)11-5-3-4-10(6-11)7-15/h3-6,8-9H,1-2H3,(H,16,18). The van der Waals surface area contributed by atoms with Gasteiger partial charge in [-0.2, -0.15) is 5.26 Å².